The van der Waals surface area contributed by atoms with Crippen LogP contribution in [-0.4, -0.2) is 38.0 Å². The number of nitrogens with zero attached hydrogens (tertiary/aromatic N) is 4. The minimum atomic E-state index is -0.608. The highest BCUT2D eigenvalue weighted by Gasteiger charge is 2.26. The van der Waals surface area contributed by atoms with Gasteiger partial charge in [0.15, 0.2) is 22.7 Å². The minimum Gasteiger partial charge on any atom is -0.482 e. The fraction of sp³-hybridized carbons (Fsp3) is 0.217. The molecule has 9 nitrogen and oxygen atoms in total. The molecule has 1 atom stereocenters. The third kappa shape index (κ3) is 4.17. The molecule has 3 aromatic heterocycles. The number of aryl methyl sites for hydroxylation is 1. The Labute approximate surface area is 192 Å². The van der Waals surface area contributed by atoms with Gasteiger partial charge in [-0.2, -0.15) is 0 Å². The zero-order valence-electron chi connectivity index (χ0n) is 17.9. The number of aromatic nitrogens is 5. The van der Waals surface area contributed by atoms with E-state index in [0.29, 0.717) is 22.4 Å². The van der Waals surface area contributed by atoms with E-state index >= 15 is 0 Å². The normalized spacial score (nSPS) is 14.7. The topological polar surface area (TPSA) is 120 Å². The molecular weight excluding hydrogens is 442 g/mol. The molecular formula is C23H19N5O4S. The van der Waals surface area contributed by atoms with Gasteiger partial charge < -0.3 is 14.5 Å². The molecule has 10 heteroatoms. The molecule has 166 valence electrons. The van der Waals surface area contributed by atoms with Gasteiger partial charge in [-0.05, 0) is 30.7 Å². The highest BCUT2D eigenvalue weighted by molar-refractivity contribution is 7.98. The van der Waals surface area contributed by atoms with Crippen molar-refractivity contribution in [2.75, 3.05) is 7.11 Å². The van der Waals surface area contributed by atoms with E-state index in [1.54, 1.807) is 13.1 Å². The van der Waals surface area contributed by atoms with Crippen LogP contribution in [0.5, 0.6) is 5.75 Å². The van der Waals surface area contributed by atoms with Crippen LogP contribution < -0.4 is 10.3 Å². The van der Waals surface area contributed by atoms with Gasteiger partial charge in [-0.3, -0.25) is 4.79 Å². The van der Waals surface area contributed by atoms with Gasteiger partial charge in [-0.1, -0.05) is 30.0 Å². The van der Waals surface area contributed by atoms with Crippen LogP contribution in [0.4, 0.5) is 0 Å². The number of benzene rings is 1. The largest absolute Gasteiger partial charge is 0.482 e. The first-order valence-corrected chi connectivity index (χ1v) is 11.2. The van der Waals surface area contributed by atoms with Crippen LogP contribution in [0.25, 0.3) is 11.0 Å². The van der Waals surface area contributed by atoms with Crippen molar-refractivity contribution in [3.05, 3.63) is 81.3 Å². The summed E-state index contributed by atoms with van der Waals surface area (Å²) < 4.78 is 10.8. The van der Waals surface area contributed by atoms with Gasteiger partial charge in [0.1, 0.15) is 5.75 Å². The smallest absolute Gasteiger partial charge is 0.338 e. The highest BCUT2D eigenvalue weighted by atomic mass is 32.2. The molecule has 4 aromatic rings. The molecule has 4 heterocycles. The molecule has 0 saturated carbocycles. The quantitative estimate of drug-likeness (QED) is 0.271. The van der Waals surface area contributed by atoms with Crippen LogP contribution in [-0.2, 0) is 16.9 Å². The van der Waals surface area contributed by atoms with Crippen LogP contribution in [0.15, 0.2) is 52.5 Å². The lowest BCUT2D eigenvalue weighted by Crippen LogP contribution is -2.16. The Morgan fingerprint density at radius 3 is 2.91 bits per heavy atom. The molecule has 5 rings (SSSR count). The first-order chi connectivity index (χ1) is 16.0. The summed E-state index contributed by atoms with van der Waals surface area (Å²) in [6, 6.07) is 11.2. The van der Waals surface area contributed by atoms with E-state index in [1.165, 1.54) is 24.9 Å². The Morgan fingerprint density at radius 2 is 2.09 bits per heavy atom. The van der Waals surface area contributed by atoms with Gasteiger partial charge in [0.05, 0.1) is 23.8 Å². The van der Waals surface area contributed by atoms with Crippen molar-refractivity contribution in [3.63, 3.8) is 0 Å². The number of pyridine rings is 1. The molecule has 0 amide bonds. The zero-order valence-corrected chi connectivity index (χ0v) is 18.7. The van der Waals surface area contributed by atoms with E-state index in [-0.39, 0.29) is 22.7 Å². The number of para-hydroxylation sites is 1. The first-order valence-electron chi connectivity index (χ1n) is 10.2. The molecule has 33 heavy (non-hydrogen) atoms. The number of methoxy groups -OCH3 is 1. The molecule has 0 bridgehead atoms. The SMILES string of the molecule is COC(=O)c1cc(C)nc2nc(SCc3ccnc(C4Cc5ccccc5O4)n3)[nH]c(=O)c12. The number of ether oxygens (including phenoxy) is 2. The van der Waals surface area contributed by atoms with Gasteiger partial charge in [0.2, 0.25) is 0 Å². The fourth-order valence-corrected chi connectivity index (χ4v) is 4.46. The fourth-order valence-electron chi connectivity index (χ4n) is 3.70. The number of nitrogens with one attached hydrogen (secondary N) is 1. The molecule has 1 aromatic carbocycles. The van der Waals surface area contributed by atoms with Crippen molar-refractivity contribution in [2.24, 2.45) is 0 Å². The number of aromatic amines is 1. The monoisotopic (exact) mass is 461 g/mol. The number of carbonyl (C=O) groups is 1. The van der Waals surface area contributed by atoms with Crippen molar-refractivity contribution in [3.8, 4) is 5.75 Å². The number of H-pyrrole nitrogens is 1. The van der Waals surface area contributed by atoms with Gasteiger partial charge >= 0.3 is 5.97 Å². The number of rotatable bonds is 5. The van der Waals surface area contributed by atoms with Gasteiger partial charge in [-0.25, -0.2) is 24.7 Å². The van der Waals surface area contributed by atoms with E-state index < -0.39 is 11.5 Å². The van der Waals surface area contributed by atoms with E-state index in [4.69, 9.17) is 9.47 Å². The van der Waals surface area contributed by atoms with Crippen molar-refractivity contribution in [2.45, 2.75) is 30.4 Å². The highest BCUT2D eigenvalue weighted by Crippen LogP contribution is 2.35. The molecule has 0 radical (unpaired) electrons. The molecule has 0 spiro atoms. The van der Waals surface area contributed by atoms with E-state index in [0.717, 1.165) is 23.4 Å². The Kier molecular flexibility index (Phi) is 5.51. The lowest BCUT2D eigenvalue weighted by molar-refractivity contribution is 0.0602. The molecule has 1 aliphatic heterocycles. The maximum absolute atomic E-state index is 12.7. The zero-order chi connectivity index (χ0) is 22.9. The number of carbonyl (C=O) groups excluding carboxylic acids is 1. The predicted molar refractivity (Wildman–Crippen MR) is 121 cm³/mol. The lowest BCUT2D eigenvalue weighted by atomic mass is 10.1. The summed E-state index contributed by atoms with van der Waals surface area (Å²) in [7, 11) is 1.26. The van der Waals surface area contributed by atoms with Crippen LogP contribution in [0, 0.1) is 6.92 Å². The second kappa shape index (κ2) is 8.62. The van der Waals surface area contributed by atoms with E-state index in [9.17, 15) is 9.59 Å². The summed E-state index contributed by atoms with van der Waals surface area (Å²) in [5.74, 6) is 1.32. The van der Waals surface area contributed by atoms with Crippen LogP contribution in [0.2, 0.25) is 0 Å². The Bertz CT molecular complexity index is 1410. The number of hydrogen-bond acceptors (Lipinski definition) is 9. The van der Waals surface area contributed by atoms with Gasteiger partial charge in [0.25, 0.3) is 5.56 Å². The molecule has 0 aliphatic carbocycles. The van der Waals surface area contributed by atoms with Crippen molar-refractivity contribution >= 4 is 28.8 Å². The molecule has 1 aliphatic rings. The summed E-state index contributed by atoms with van der Waals surface area (Å²) in [5, 5.41) is 0.491. The summed E-state index contributed by atoms with van der Waals surface area (Å²) in [6.45, 7) is 1.73. The van der Waals surface area contributed by atoms with Gasteiger partial charge in [0, 0.05) is 24.1 Å². The molecule has 0 saturated heterocycles. The Morgan fingerprint density at radius 1 is 1.24 bits per heavy atom. The maximum Gasteiger partial charge on any atom is 0.338 e. The minimum absolute atomic E-state index is 0.110. The average molecular weight is 462 g/mol. The maximum atomic E-state index is 12.7. The third-order valence-electron chi connectivity index (χ3n) is 5.21. The van der Waals surface area contributed by atoms with Gasteiger partial charge in [-0.15, -0.1) is 0 Å². The number of thioether (sulfide) groups is 1. The lowest BCUT2D eigenvalue weighted by Gasteiger charge is -2.10. The van der Waals surface area contributed by atoms with Crippen LogP contribution in [0.1, 0.15) is 39.2 Å². The summed E-state index contributed by atoms with van der Waals surface area (Å²) >= 11 is 1.31. The standard InChI is InChI=1S/C23H19N5O4S/c1-12-9-15(22(30)31-2)18-20(25-12)27-23(28-21(18)29)33-11-14-7-8-24-19(26-14)17-10-13-5-3-4-6-16(13)32-17/h3-9,17H,10-11H2,1-2H3,(H,25,27,28,29). The number of hydrogen-bond donors (Lipinski definition) is 1. The second-order valence-corrected chi connectivity index (χ2v) is 8.45. The summed E-state index contributed by atoms with van der Waals surface area (Å²) in [5.41, 5.74) is 2.37. The number of fused-ring (bicyclic) bond motifs is 2. The molecule has 1 N–H and O–H groups in total. The number of esters is 1. The average Bonchev–Trinajstić information content (AvgIpc) is 3.26. The third-order valence-corrected chi connectivity index (χ3v) is 6.12. The Balaban J connectivity index is 1.37. The van der Waals surface area contributed by atoms with E-state index in [2.05, 4.69) is 24.9 Å². The van der Waals surface area contributed by atoms with E-state index in [1.807, 2.05) is 30.3 Å². The second-order valence-electron chi connectivity index (χ2n) is 7.49. The predicted octanol–water partition coefficient (Wildman–Crippen LogP) is 3.17. The summed E-state index contributed by atoms with van der Waals surface area (Å²) in [6.07, 6.45) is 2.20. The van der Waals surface area contributed by atoms with Crippen molar-refractivity contribution in [1.82, 2.24) is 24.9 Å². The molecule has 1 unspecified atom stereocenters. The molecule has 0 fully saturated rings. The van der Waals surface area contributed by atoms with Crippen molar-refractivity contribution < 1.29 is 14.3 Å². The first kappa shape index (κ1) is 21.1. The van der Waals surface area contributed by atoms with Crippen LogP contribution in [0.3, 0.4) is 0 Å². The van der Waals surface area contributed by atoms with Crippen molar-refractivity contribution in [1.29, 1.82) is 0 Å². The van der Waals surface area contributed by atoms with Crippen LogP contribution >= 0.6 is 11.8 Å². The summed E-state index contributed by atoms with van der Waals surface area (Å²) in [4.78, 5) is 45.3. The Hall–Kier alpha value is -3.79.